The number of hydrogen-bond acceptors (Lipinski definition) is 4. The number of nitrogens with zero attached hydrogens (tertiary/aromatic N) is 1. The molecule has 0 saturated carbocycles. The maximum atomic E-state index is 12.7. The van der Waals surface area contributed by atoms with Gasteiger partial charge in [-0.15, -0.1) is 0 Å². The zero-order chi connectivity index (χ0) is 14.9. The first-order valence-corrected chi connectivity index (χ1v) is 8.04. The number of piperazine rings is 1. The lowest BCUT2D eigenvalue weighted by molar-refractivity contribution is -0.126. The van der Waals surface area contributed by atoms with Crippen LogP contribution in [-0.2, 0) is 14.8 Å². The van der Waals surface area contributed by atoms with Gasteiger partial charge in [0, 0.05) is 18.1 Å². The summed E-state index contributed by atoms with van der Waals surface area (Å²) in [5, 5.41) is 2.94. The van der Waals surface area contributed by atoms with Gasteiger partial charge in [0.05, 0.1) is 5.69 Å². The molecule has 8 heteroatoms. The largest absolute Gasteiger partial charge is 0.398 e. The summed E-state index contributed by atoms with van der Waals surface area (Å²) in [6.07, 6.45) is 0.394. The van der Waals surface area contributed by atoms with Gasteiger partial charge in [0.1, 0.15) is 10.9 Å². The first kappa shape index (κ1) is 15.1. The van der Waals surface area contributed by atoms with Crippen LogP contribution in [0.1, 0.15) is 13.3 Å². The molecule has 1 saturated heterocycles. The van der Waals surface area contributed by atoms with E-state index in [0.29, 0.717) is 6.42 Å². The molecule has 0 aromatic heterocycles. The Morgan fingerprint density at radius 2 is 2.20 bits per heavy atom. The number of sulfonamides is 1. The van der Waals surface area contributed by atoms with Crippen LogP contribution >= 0.6 is 11.6 Å². The number of benzene rings is 1. The Labute approximate surface area is 122 Å². The molecule has 2 rings (SSSR count). The van der Waals surface area contributed by atoms with Crippen LogP contribution in [0.4, 0.5) is 5.69 Å². The molecule has 1 fully saturated rings. The third-order valence-electron chi connectivity index (χ3n) is 3.23. The molecule has 1 aromatic rings. The van der Waals surface area contributed by atoms with Gasteiger partial charge in [-0.05, 0) is 24.6 Å². The van der Waals surface area contributed by atoms with Gasteiger partial charge in [-0.3, -0.25) is 4.79 Å². The van der Waals surface area contributed by atoms with Gasteiger partial charge in [0.15, 0.2) is 0 Å². The second kappa shape index (κ2) is 5.59. The minimum Gasteiger partial charge on any atom is -0.398 e. The monoisotopic (exact) mass is 317 g/mol. The lowest BCUT2D eigenvalue weighted by Crippen LogP contribution is -2.56. The highest BCUT2D eigenvalue weighted by atomic mass is 35.5. The van der Waals surface area contributed by atoms with Crippen molar-refractivity contribution in [3.63, 3.8) is 0 Å². The number of hydrogen-bond donors (Lipinski definition) is 2. The molecule has 1 aliphatic rings. The van der Waals surface area contributed by atoms with Crippen LogP contribution in [0.5, 0.6) is 0 Å². The van der Waals surface area contributed by atoms with Crippen LogP contribution in [0.25, 0.3) is 0 Å². The van der Waals surface area contributed by atoms with Crippen molar-refractivity contribution < 1.29 is 13.2 Å². The molecule has 110 valence electrons. The average molecular weight is 318 g/mol. The number of nitrogens with one attached hydrogen (secondary N) is 1. The van der Waals surface area contributed by atoms with Crippen molar-refractivity contribution in [1.82, 2.24) is 9.62 Å². The number of amides is 1. The van der Waals surface area contributed by atoms with E-state index in [2.05, 4.69) is 5.32 Å². The Morgan fingerprint density at radius 1 is 1.50 bits per heavy atom. The second-order valence-electron chi connectivity index (χ2n) is 4.51. The predicted octanol–water partition coefficient (Wildman–Crippen LogP) is 0.821. The molecule has 1 amide bonds. The third kappa shape index (κ3) is 2.61. The lowest BCUT2D eigenvalue weighted by atomic mass is 10.2. The van der Waals surface area contributed by atoms with Crippen molar-refractivity contribution in [2.75, 3.05) is 18.8 Å². The molecule has 1 aromatic carbocycles. The minimum atomic E-state index is -3.85. The topological polar surface area (TPSA) is 92.5 Å². The molecule has 1 aliphatic heterocycles. The van der Waals surface area contributed by atoms with Gasteiger partial charge < -0.3 is 11.1 Å². The highest BCUT2D eigenvalue weighted by molar-refractivity contribution is 7.89. The fourth-order valence-electron chi connectivity index (χ4n) is 2.23. The second-order valence-corrected chi connectivity index (χ2v) is 6.81. The Balaban J connectivity index is 2.48. The summed E-state index contributed by atoms with van der Waals surface area (Å²) in [5.74, 6) is -0.289. The number of carbonyl (C=O) groups is 1. The summed E-state index contributed by atoms with van der Waals surface area (Å²) in [7, 11) is -3.85. The summed E-state index contributed by atoms with van der Waals surface area (Å²) in [5.41, 5.74) is 5.86. The van der Waals surface area contributed by atoms with Crippen LogP contribution in [0, 0.1) is 0 Å². The number of rotatable bonds is 3. The smallest absolute Gasteiger partial charge is 0.245 e. The highest BCUT2D eigenvalue weighted by Crippen LogP contribution is 2.28. The fraction of sp³-hybridized carbons (Fsp3) is 0.417. The van der Waals surface area contributed by atoms with E-state index < -0.39 is 16.1 Å². The fourth-order valence-corrected chi connectivity index (χ4v) is 4.27. The van der Waals surface area contributed by atoms with Crippen LogP contribution in [0.2, 0.25) is 5.02 Å². The van der Waals surface area contributed by atoms with Crippen molar-refractivity contribution in [1.29, 1.82) is 0 Å². The molecule has 3 N–H and O–H groups in total. The molecule has 1 unspecified atom stereocenters. The van der Waals surface area contributed by atoms with E-state index in [0.717, 1.165) is 0 Å². The van der Waals surface area contributed by atoms with E-state index in [1.54, 1.807) is 6.92 Å². The molecule has 0 spiro atoms. The van der Waals surface area contributed by atoms with Crippen LogP contribution in [0.3, 0.4) is 0 Å². The molecule has 0 bridgehead atoms. The zero-order valence-electron chi connectivity index (χ0n) is 11.0. The van der Waals surface area contributed by atoms with Crippen LogP contribution < -0.4 is 11.1 Å². The van der Waals surface area contributed by atoms with Gasteiger partial charge in [-0.1, -0.05) is 18.5 Å². The molecule has 6 nitrogen and oxygen atoms in total. The lowest BCUT2D eigenvalue weighted by Gasteiger charge is -2.33. The standard InChI is InChI=1S/C12H16ClN3O3S/c1-2-10-12(17)15-5-6-16(10)20(18,19)11-7-8(13)3-4-9(11)14/h3-4,7,10H,2,5-6,14H2,1H3,(H,15,17). The third-order valence-corrected chi connectivity index (χ3v) is 5.43. The van der Waals surface area contributed by atoms with E-state index in [1.165, 1.54) is 22.5 Å². The summed E-state index contributed by atoms with van der Waals surface area (Å²) in [4.78, 5) is 11.7. The Bertz CT molecular complexity index is 633. The first-order valence-electron chi connectivity index (χ1n) is 6.22. The highest BCUT2D eigenvalue weighted by Gasteiger charge is 2.38. The molecule has 1 atom stereocenters. The van der Waals surface area contributed by atoms with Crippen molar-refractivity contribution in [2.45, 2.75) is 24.3 Å². The van der Waals surface area contributed by atoms with Crippen molar-refractivity contribution in [3.05, 3.63) is 23.2 Å². The van der Waals surface area contributed by atoms with E-state index in [9.17, 15) is 13.2 Å². The molecule has 0 radical (unpaired) electrons. The number of nitrogen functional groups attached to an aromatic ring is 1. The van der Waals surface area contributed by atoms with Gasteiger partial charge in [-0.2, -0.15) is 4.31 Å². The van der Waals surface area contributed by atoms with Crippen LogP contribution in [0.15, 0.2) is 23.1 Å². The van der Waals surface area contributed by atoms with E-state index in [4.69, 9.17) is 17.3 Å². The van der Waals surface area contributed by atoms with Crippen molar-refractivity contribution in [2.24, 2.45) is 0 Å². The number of nitrogens with two attached hydrogens (primary N) is 1. The van der Waals surface area contributed by atoms with Gasteiger partial charge in [-0.25, -0.2) is 8.42 Å². The van der Waals surface area contributed by atoms with Gasteiger partial charge in [0.25, 0.3) is 0 Å². The molecular weight excluding hydrogens is 302 g/mol. The predicted molar refractivity (Wildman–Crippen MR) is 76.8 cm³/mol. The van der Waals surface area contributed by atoms with E-state index in [1.807, 2.05) is 0 Å². The first-order chi connectivity index (χ1) is 9.37. The van der Waals surface area contributed by atoms with Crippen LogP contribution in [-0.4, -0.2) is 37.8 Å². The minimum absolute atomic E-state index is 0.0573. The summed E-state index contributed by atoms with van der Waals surface area (Å²) >= 11 is 5.84. The SMILES string of the molecule is CCC1C(=O)NCCN1S(=O)(=O)c1cc(Cl)ccc1N. The Hall–Kier alpha value is -1.31. The molecule has 0 aliphatic carbocycles. The zero-order valence-corrected chi connectivity index (χ0v) is 12.5. The van der Waals surface area contributed by atoms with Crippen molar-refractivity contribution in [3.8, 4) is 0 Å². The number of halogens is 1. The molecule has 1 heterocycles. The average Bonchev–Trinajstić information content (AvgIpc) is 2.41. The quantitative estimate of drug-likeness (QED) is 0.807. The molecular formula is C12H16ClN3O3S. The van der Waals surface area contributed by atoms with Gasteiger partial charge >= 0.3 is 0 Å². The summed E-state index contributed by atoms with van der Waals surface area (Å²) in [6, 6.07) is 3.56. The van der Waals surface area contributed by atoms with E-state index in [-0.39, 0.29) is 34.6 Å². The Morgan fingerprint density at radius 3 is 2.85 bits per heavy atom. The summed E-state index contributed by atoms with van der Waals surface area (Å²) in [6.45, 7) is 2.27. The van der Waals surface area contributed by atoms with Gasteiger partial charge in [0.2, 0.25) is 15.9 Å². The van der Waals surface area contributed by atoms with E-state index >= 15 is 0 Å². The number of anilines is 1. The molecule has 20 heavy (non-hydrogen) atoms. The maximum Gasteiger partial charge on any atom is 0.245 e. The normalized spacial score (nSPS) is 20.7. The van der Waals surface area contributed by atoms with Crippen molar-refractivity contribution >= 4 is 33.2 Å². The summed E-state index contributed by atoms with van der Waals surface area (Å²) < 4.78 is 26.6. The Kier molecular flexibility index (Phi) is 4.22. The number of carbonyl (C=O) groups excluding carboxylic acids is 1. The maximum absolute atomic E-state index is 12.7.